The van der Waals surface area contributed by atoms with Crippen molar-refractivity contribution < 1.29 is 9.53 Å². The highest BCUT2D eigenvalue weighted by Crippen LogP contribution is 2.02. The molecule has 0 aromatic heterocycles. The molecule has 82 valence electrons. The molecule has 0 aromatic rings. The zero-order valence-electron chi connectivity index (χ0n) is 9.75. The highest BCUT2D eigenvalue weighted by molar-refractivity contribution is 5.69. The number of carbonyl (C=O) groups excluding carboxylic acids is 1. The molecule has 0 radical (unpaired) electrons. The molecule has 0 unspecified atom stereocenters. The molecule has 0 aromatic carbocycles. The lowest BCUT2D eigenvalue weighted by Gasteiger charge is -2.06. The Bertz CT molecular complexity index is 181. The van der Waals surface area contributed by atoms with Crippen molar-refractivity contribution in [1.82, 2.24) is 0 Å². The Morgan fingerprint density at radius 2 is 1.86 bits per heavy atom. The van der Waals surface area contributed by atoms with Crippen molar-refractivity contribution in [3.8, 4) is 0 Å². The number of rotatable bonds is 6. The lowest BCUT2D eigenvalue weighted by Crippen LogP contribution is -2.10. The number of carbonyl (C=O) groups is 1. The average molecular weight is 198 g/mol. The molecule has 0 saturated carbocycles. The fraction of sp³-hybridized carbons (Fsp3) is 0.750. The summed E-state index contributed by atoms with van der Waals surface area (Å²) in [6, 6.07) is 0. The molecule has 0 heterocycles. The SMILES string of the molecule is CC(C)CC=CCCC(=O)OC(C)C. The lowest BCUT2D eigenvalue weighted by atomic mass is 10.1. The van der Waals surface area contributed by atoms with Crippen molar-refractivity contribution in [2.75, 3.05) is 0 Å². The van der Waals surface area contributed by atoms with Gasteiger partial charge in [0.25, 0.3) is 0 Å². The van der Waals surface area contributed by atoms with E-state index in [1.807, 2.05) is 13.8 Å². The van der Waals surface area contributed by atoms with Gasteiger partial charge in [0.2, 0.25) is 0 Å². The second kappa shape index (κ2) is 7.60. The number of hydrogen-bond donors (Lipinski definition) is 0. The summed E-state index contributed by atoms with van der Waals surface area (Å²) in [5, 5.41) is 0. The molecule has 0 bridgehead atoms. The largest absolute Gasteiger partial charge is 0.463 e. The zero-order chi connectivity index (χ0) is 11.0. The highest BCUT2D eigenvalue weighted by Gasteiger charge is 2.02. The Kier molecular flexibility index (Phi) is 7.17. The number of allylic oxidation sites excluding steroid dienone is 2. The summed E-state index contributed by atoms with van der Waals surface area (Å²) >= 11 is 0. The summed E-state index contributed by atoms with van der Waals surface area (Å²) < 4.78 is 5.01. The van der Waals surface area contributed by atoms with Gasteiger partial charge in [-0.25, -0.2) is 0 Å². The van der Waals surface area contributed by atoms with Crippen LogP contribution in [0.25, 0.3) is 0 Å². The van der Waals surface area contributed by atoms with Gasteiger partial charge in [0.05, 0.1) is 6.10 Å². The molecule has 0 N–H and O–H groups in total. The van der Waals surface area contributed by atoms with Gasteiger partial charge in [0, 0.05) is 6.42 Å². The van der Waals surface area contributed by atoms with Crippen LogP contribution in [0.5, 0.6) is 0 Å². The number of hydrogen-bond acceptors (Lipinski definition) is 2. The van der Waals surface area contributed by atoms with Crippen molar-refractivity contribution in [2.45, 2.75) is 53.1 Å². The molecule has 0 spiro atoms. The fourth-order valence-electron chi connectivity index (χ4n) is 1.01. The van der Waals surface area contributed by atoms with Crippen molar-refractivity contribution in [3.05, 3.63) is 12.2 Å². The van der Waals surface area contributed by atoms with Gasteiger partial charge in [-0.15, -0.1) is 0 Å². The molecule has 0 aliphatic heterocycles. The third kappa shape index (κ3) is 9.30. The zero-order valence-corrected chi connectivity index (χ0v) is 9.75. The quantitative estimate of drug-likeness (QED) is 0.483. The first-order chi connectivity index (χ1) is 6.52. The summed E-state index contributed by atoms with van der Waals surface area (Å²) in [6.07, 6.45) is 6.56. The third-order valence-corrected chi connectivity index (χ3v) is 1.66. The maximum Gasteiger partial charge on any atom is 0.306 e. The van der Waals surface area contributed by atoms with Crippen LogP contribution in [-0.4, -0.2) is 12.1 Å². The van der Waals surface area contributed by atoms with Crippen LogP contribution in [0, 0.1) is 5.92 Å². The molecule has 2 nitrogen and oxygen atoms in total. The molecule has 14 heavy (non-hydrogen) atoms. The van der Waals surface area contributed by atoms with Crippen LogP contribution in [0.1, 0.15) is 47.0 Å². The van der Waals surface area contributed by atoms with Crippen LogP contribution in [0.15, 0.2) is 12.2 Å². The Balaban J connectivity index is 3.44. The molecular formula is C12H22O2. The van der Waals surface area contributed by atoms with E-state index in [2.05, 4.69) is 26.0 Å². The van der Waals surface area contributed by atoms with E-state index in [1.54, 1.807) is 0 Å². The summed E-state index contributed by atoms with van der Waals surface area (Å²) in [5.74, 6) is 0.586. The molecule has 0 rings (SSSR count). The van der Waals surface area contributed by atoms with Gasteiger partial charge >= 0.3 is 5.97 Å². The third-order valence-electron chi connectivity index (χ3n) is 1.66. The number of esters is 1. The van der Waals surface area contributed by atoms with E-state index in [0.717, 1.165) is 12.8 Å². The van der Waals surface area contributed by atoms with Crippen LogP contribution >= 0.6 is 0 Å². The van der Waals surface area contributed by atoms with E-state index >= 15 is 0 Å². The summed E-state index contributed by atoms with van der Waals surface area (Å²) in [4.78, 5) is 11.1. The second-order valence-corrected chi connectivity index (χ2v) is 4.18. The van der Waals surface area contributed by atoms with Crippen molar-refractivity contribution in [1.29, 1.82) is 0 Å². The van der Waals surface area contributed by atoms with Crippen molar-refractivity contribution in [3.63, 3.8) is 0 Å². The Hall–Kier alpha value is -0.790. The molecule has 0 fully saturated rings. The summed E-state index contributed by atoms with van der Waals surface area (Å²) in [7, 11) is 0. The predicted molar refractivity (Wildman–Crippen MR) is 59.1 cm³/mol. The summed E-state index contributed by atoms with van der Waals surface area (Å²) in [5.41, 5.74) is 0. The Labute approximate surface area is 87.3 Å². The Morgan fingerprint density at radius 1 is 1.21 bits per heavy atom. The van der Waals surface area contributed by atoms with E-state index < -0.39 is 0 Å². The molecule has 0 aliphatic carbocycles. The van der Waals surface area contributed by atoms with Gasteiger partial charge in [-0.05, 0) is 32.6 Å². The molecule has 0 aliphatic rings. The lowest BCUT2D eigenvalue weighted by molar-refractivity contribution is -0.147. The fourth-order valence-corrected chi connectivity index (χ4v) is 1.01. The standard InChI is InChI=1S/C12H22O2/c1-10(2)8-6-5-7-9-12(13)14-11(3)4/h5-6,10-11H,7-9H2,1-4H3. The highest BCUT2D eigenvalue weighted by atomic mass is 16.5. The maximum atomic E-state index is 11.1. The van der Waals surface area contributed by atoms with Gasteiger partial charge < -0.3 is 4.74 Å². The number of ether oxygens (including phenoxy) is 1. The average Bonchev–Trinajstić information content (AvgIpc) is 2.01. The Morgan fingerprint density at radius 3 is 2.36 bits per heavy atom. The first kappa shape index (κ1) is 13.2. The van der Waals surface area contributed by atoms with Crippen molar-refractivity contribution >= 4 is 5.97 Å². The normalized spacial score (nSPS) is 11.6. The smallest absolute Gasteiger partial charge is 0.306 e. The minimum Gasteiger partial charge on any atom is -0.463 e. The second-order valence-electron chi connectivity index (χ2n) is 4.18. The van der Waals surface area contributed by atoms with Crippen LogP contribution in [0.3, 0.4) is 0 Å². The van der Waals surface area contributed by atoms with Crippen LogP contribution in [0.4, 0.5) is 0 Å². The minimum absolute atomic E-state index is 0.00198. The molecule has 0 saturated heterocycles. The van der Waals surface area contributed by atoms with Crippen LogP contribution in [0.2, 0.25) is 0 Å². The van der Waals surface area contributed by atoms with Gasteiger partial charge in [0.15, 0.2) is 0 Å². The molecule has 2 heteroatoms. The monoisotopic (exact) mass is 198 g/mol. The van der Waals surface area contributed by atoms with Crippen LogP contribution < -0.4 is 0 Å². The van der Waals surface area contributed by atoms with Crippen molar-refractivity contribution in [2.24, 2.45) is 5.92 Å². The van der Waals surface area contributed by atoms with E-state index in [1.165, 1.54) is 0 Å². The van der Waals surface area contributed by atoms with E-state index in [4.69, 9.17) is 4.74 Å². The van der Waals surface area contributed by atoms with Gasteiger partial charge in [-0.2, -0.15) is 0 Å². The summed E-state index contributed by atoms with van der Waals surface area (Å²) in [6.45, 7) is 8.09. The molecule has 0 amide bonds. The van der Waals surface area contributed by atoms with E-state index in [0.29, 0.717) is 12.3 Å². The first-order valence-corrected chi connectivity index (χ1v) is 5.36. The minimum atomic E-state index is -0.103. The van der Waals surface area contributed by atoms with Gasteiger partial charge in [-0.1, -0.05) is 26.0 Å². The molecular weight excluding hydrogens is 176 g/mol. The topological polar surface area (TPSA) is 26.3 Å². The van der Waals surface area contributed by atoms with Crippen LogP contribution in [-0.2, 0) is 9.53 Å². The van der Waals surface area contributed by atoms with E-state index in [-0.39, 0.29) is 12.1 Å². The van der Waals surface area contributed by atoms with E-state index in [9.17, 15) is 4.79 Å². The predicted octanol–water partition coefficient (Wildman–Crippen LogP) is 3.32. The maximum absolute atomic E-state index is 11.1. The molecule has 0 atom stereocenters. The first-order valence-electron chi connectivity index (χ1n) is 5.36. The van der Waals surface area contributed by atoms with Gasteiger partial charge in [-0.3, -0.25) is 4.79 Å². The van der Waals surface area contributed by atoms with Gasteiger partial charge in [0.1, 0.15) is 0 Å².